The van der Waals surface area contributed by atoms with Gasteiger partial charge in [-0.2, -0.15) is 0 Å². The Morgan fingerprint density at radius 2 is 1.62 bits per heavy atom. The number of alkyl carbamates (subject to hydrolysis) is 1. The van der Waals surface area contributed by atoms with Crippen molar-refractivity contribution >= 4 is 38.8 Å². The number of hydrogen-bond acceptors (Lipinski definition) is 8. The molecular formula is C32H34F4N6O4S. The highest BCUT2D eigenvalue weighted by atomic mass is 32.2. The van der Waals surface area contributed by atoms with Gasteiger partial charge in [0.1, 0.15) is 22.6 Å². The fraction of sp³-hybridized carbons (Fsp3) is 0.375. The summed E-state index contributed by atoms with van der Waals surface area (Å²) in [4.78, 5) is 25.3. The van der Waals surface area contributed by atoms with E-state index in [1.54, 1.807) is 32.4 Å². The van der Waals surface area contributed by atoms with Gasteiger partial charge in [-0.05, 0) is 88.8 Å². The lowest BCUT2D eigenvalue weighted by atomic mass is 9.91. The first-order valence-corrected chi connectivity index (χ1v) is 16.6. The quantitative estimate of drug-likeness (QED) is 0.138. The van der Waals surface area contributed by atoms with Gasteiger partial charge in [-0.15, -0.1) is 0 Å². The second-order valence-corrected chi connectivity index (χ2v) is 14.2. The normalized spacial score (nSPS) is 16.9. The second-order valence-electron chi connectivity index (χ2n) is 12.5. The molecule has 1 saturated carbocycles. The van der Waals surface area contributed by atoms with E-state index in [-0.39, 0.29) is 28.9 Å². The molecule has 10 nitrogen and oxygen atoms in total. The largest absolute Gasteiger partial charge is 0.444 e. The van der Waals surface area contributed by atoms with Gasteiger partial charge in [0, 0.05) is 17.6 Å². The van der Waals surface area contributed by atoms with Gasteiger partial charge in [0.05, 0.1) is 23.2 Å². The number of pyridine rings is 1. The van der Waals surface area contributed by atoms with Gasteiger partial charge in [0.15, 0.2) is 17.5 Å². The molecule has 0 bridgehead atoms. The van der Waals surface area contributed by atoms with Crippen LogP contribution in [0.3, 0.4) is 0 Å². The van der Waals surface area contributed by atoms with Crippen LogP contribution in [0.2, 0.25) is 0 Å². The first-order valence-electron chi connectivity index (χ1n) is 14.9. The number of carbonyl (C=O) groups is 1. The third kappa shape index (κ3) is 8.44. The van der Waals surface area contributed by atoms with Crippen molar-refractivity contribution in [1.29, 1.82) is 0 Å². The molecule has 250 valence electrons. The summed E-state index contributed by atoms with van der Waals surface area (Å²) in [6.07, 6.45) is 3.96. The zero-order chi connectivity index (χ0) is 34.1. The van der Waals surface area contributed by atoms with Crippen LogP contribution < -0.4 is 15.4 Å². The minimum absolute atomic E-state index is 0.00368. The van der Waals surface area contributed by atoms with E-state index in [0.717, 1.165) is 37.8 Å². The number of anilines is 2. The van der Waals surface area contributed by atoms with Crippen LogP contribution in [-0.2, 0) is 20.5 Å². The van der Waals surface area contributed by atoms with Gasteiger partial charge in [0.25, 0.3) is 0 Å². The molecule has 1 amide bonds. The van der Waals surface area contributed by atoms with E-state index in [2.05, 4.69) is 25.6 Å². The molecule has 0 aliphatic heterocycles. The minimum atomic E-state index is -4.38. The van der Waals surface area contributed by atoms with E-state index in [1.165, 1.54) is 24.4 Å². The third-order valence-corrected chi connectivity index (χ3v) is 8.71. The molecule has 1 aliphatic rings. The van der Waals surface area contributed by atoms with Gasteiger partial charge in [0.2, 0.25) is 16.0 Å². The molecule has 4 aromatic rings. The zero-order valence-electron chi connectivity index (χ0n) is 26.1. The zero-order valence-corrected chi connectivity index (χ0v) is 26.9. The lowest BCUT2D eigenvalue weighted by Gasteiger charge is -2.30. The maximum Gasteiger partial charge on any atom is 0.407 e. The van der Waals surface area contributed by atoms with Crippen molar-refractivity contribution in [1.82, 2.24) is 20.3 Å². The van der Waals surface area contributed by atoms with Crippen LogP contribution in [0, 0.1) is 30.2 Å². The second kappa shape index (κ2) is 13.3. The monoisotopic (exact) mass is 674 g/mol. The predicted octanol–water partition coefficient (Wildman–Crippen LogP) is 6.75. The van der Waals surface area contributed by atoms with Crippen LogP contribution in [0.4, 0.5) is 34.0 Å². The van der Waals surface area contributed by atoms with Crippen LogP contribution in [-0.4, -0.2) is 47.1 Å². The fourth-order valence-corrected chi connectivity index (χ4v) is 6.50. The Morgan fingerprint density at radius 3 is 2.28 bits per heavy atom. The predicted molar refractivity (Wildman–Crippen MR) is 169 cm³/mol. The van der Waals surface area contributed by atoms with Crippen molar-refractivity contribution < 1.29 is 35.5 Å². The lowest BCUT2D eigenvalue weighted by Crippen LogP contribution is -2.42. The summed E-state index contributed by atoms with van der Waals surface area (Å²) >= 11 is 0. The number of carbonyl (C=O) groups excluding carboxylic acids is 1. The molecule has 3 N–H and O–H groups in total. The maximum atomic E-state index is 15.3. The first kappa shape index (κ1) is 33.8. The van der Waals surface area contributed by atoms with Crippen molar-refractivity contribution in [3.05, 3.63) is 77.0 Å². The number of halogens is 4. The van der Waals surface area contributed by atoms with E-state index in [0.29, 0.717) is 23.1 Å². The number of hydrogen-bond donors (Lipinski definition) is 3. The summed E-state index contributed by atoms with van der Waals surface area (Å²) in [6, 6.07) is 6.64. The van der Waals surface area contributed by atoms with Crippen LogP contribution in [0.5, 0.6) is 0 Å². The molecule has 15 heteroatoms. The Labute approximate surface area is 269 Å². The summed E-state index contributed by atoms with van der Waals surface area (Å²) in [5.74, 6) is -5.56. The van der Waals surface area contributed by atoms with Crippen LogP contribution in [0.25, 0.3) is 22.3 Å². The van der Waals surface area contributed by atoms with Crippen molar-refractivity contribution in [2.45, 2.75) is 76.8 Å². The van der Waals surface area contributed by atoms with E-state index < -0.39 is 62.0 Å². The smallest absolute Gasteiger partial charge is 0.407 e. The topological polar surface area (TPSA) is 135 Å². The van der Waals surface area contributed by atoms with E-state index in [1.807, 2.05) is 0 Å². The molecule has 1 fully saturated rings. The molecule has 2 aromatic heterocycles. The number of amides is 1. The molecule has 1 aliphatic carbocycles. The summed E-state index contributed by atoms with van der Waals surface area (Å²) in [7, 11) is -4.38. The van der Waals surface area contributed by atoms with Crippen molar-refractivity contribution in [3.63, 3.8) is 0 Å². The molecule has 2 heterocycles. The molecule has 47 heavy (non-hydrogen) atoms. The number of sulfonamides is 1. The number of ether oxygens (including phenoxy) is 1. The number of fused-ring (bicyclic) bond motifs is 1. The summed E-state index contributed by atoms with van der Waals surface area (Å²) < 4.78 is 90.8. The average molecular weight is 675 g/mol. The SMILES string of the molecule is Cc1cc(-c2cc(F)c(NS(=O)(=O)Cc3ccc(F)cc3)c(F)c2F)nc2cnc(NC3CCC(NC(=O)OC(C)(C)C)CC3)nc12. The molecule has 0 saturated heterocycles. The van der Waals surface area contributed by atoms with E-state index in [4.69, 9.17) is 4.74 Å². The van der Waals surface area contributed by atoms with Crippen molar-refractivity contribution in [2.24, 2.45) is 0 Å². The Morgan fingerprint density at radius 1 is 0.957 bits per heavy atom. The number of rotatable bonds is 8. The Hall–Kier alpha value is -4.53. The Kier molecular flexibility index (Phi) is 9.57. The highest BCUT2D eigenvalue weighted by molar-refractivity contribution is 7.91. The van der Waals surface area contributed by atoms with Crippen LogP contribution in [0.15, 0.2) is 42.6 Å². The summed E-state index contributed by atoms with van der Waals surface area (Å²) in [5, 5.41) is 6.20. The summed E-state index contributed by atoms with van der Waals surface area (Å²) in [6.45, 7) is 7.10. The van der Waals surface area contributed by atoms with Gasteiger partial charge in [-0.1, -0.05) is 12.1 Å². The highest BCUT2D eigenvalue weighted by Gasteiger charge is 2.27. The first-order chi connectivity index (χ1) is 22.1. The molecule has 0 atom stereocenters. The highest BCUT2D eigenvalue weighted by Crippen LogP contribution is 2.33. The van der Waals surface area contributed by atoms with E-state index in [9.17, 15) is 17.6 Å². The number of aromatic nitrogens is 3. The molecule has 0 unspecified atom stereocenters. The standard InChI is InChI=1S/C32H34F4N6O4S/c1-17-13-24(22-14-23(34)29(27(36)26(22)35)42-47(44,45)16-18-5-7-19(33)8-6-18)40-25-15-37-30(41-28(17)25)38-20-9-11-21(12-10-20)39-31(43)46-32(2,3)4/h5-8,13-15,20-21,42H,9-12,16H2,1-4H3,(H,39,43)(H,37,38,41). The molecule has 0 radical (unpaired) electrons. The van der Waals surface area contributed by atoms with Gasteiger partial charge < -0.3 is 15.4 Å². The van der Waals surface area contributed by atoms with E-state index >= 15 is 13.2 Å². The van der Waals surface area contributed by atoms with Crippen LogP contribution in [0.1, 0.15) is 57.6 Å². The summed E-state index contributed by atoms with van der Waals surface area (Å²) in [5.41, 5.74) is -1.00. The number of benzene rings is 2. The van der Waals surface area contributed by atoms with Crippen molar-refractivity contribution in [3.8, 4) is 11.3 Å². The number of aryl methyl sites for hydroxylation is 1. The average Bonchev–Trinajstić information content (AvgIpc) is 2.98. The number of nitrogens with one attached hydrogen (secondary N) is 3. The molecule has 2 aromatic carbocycles. The van der Waals surface area contributed by atoms with Crippen LogP contribution >= 0.6 is 0 Å². The molecule has 5 rings (SSSR count). The van der Waals surface area contributed by atoms with Gasteiger partial charge in [-0.3, -0.25) is 4.72 Å². The minimum Gasteiger partial charge on any atom is -0.444 e. The fourth-order valence-electron chi connectivity index (χ4n) is 5.30. The number of nitrogens with zero attached hydrogens (tertiary/aromatic N) is 3. The Bertz CT molecular complexity index is 1910. The third-order valence-electron chi connectivity index (χ3n) is 7.48. The molecular weight excluding hydrogens is 640 g/mol. The van der Waals surface area contributed by atoms with Gasteiger partial charge >= 0.3 is 6.09 Å². The Balaban J connectivity index is 1.29. The molecule has 0 spiro atoms. The lowest BCUT2D eigenvalue weighted by molar-refractivity contribution is 0.0492. The maximum absolute atomic E-state index is 15.3. The van der Waals surface area contributed by atoms with Crippen molar-refractivity contribution in [2.75, 3.05) is 10.0 Å². The van der Waals surface area contributed by atoms with Gasteiger partial charge in [-0.25, -0.2) is 45.7 Å².